The number of benzene rings is 1. The SMILES string of the molecule is Cc1cccc(C(=O)CCCC#N)c1. The third-order valence-corrected chi connectivity index (χ3v) is 2.03. The molecule has 1 rings (SSSR count). The van der Waals surface area contributed by atoms with Crippen LogP contribution in [0.5, 0.6) is 0 Å². The molecule has 1 aromatic rings. The average Bonchev–Trinajstić information content (AvgIpc) is 2.18. The number of aryl methyl sites for hydroxylation is 1. The van der Waals surface area contributed by atoms with Gasteiger partial charge in [-0.05, 0) is 19.4 Å². The zero-order valence-corrected chi connectivity index (χ0v) is 8.29. The van der Waals surface area contributed by atoms with Crippen LogP contribution in [0.2, 0.25) is 0 Å². The van der Waals surface area contributed by atoms with Gasteiger partial charge in [-0.25, -0.2) is 0 Å². The summed E-state index contributed by atoms with van der Waals surface area (Å²) >= 11 is 0. The molecule has 2 nitrogen and oxygen atoms in total. The Balaban J connectivity index is 2.57. The van der Waals surface area contributed by atoms with Gasteiger partial charge in [0, 0.05) is 18.4 Å². The van der Waals surface area contributed by atoms with Crippen molar-refractivity contribution >= 4 is 5.78 Å². The van der Waals surface area contributed by atoms with Crippen LogP contribution < -0.4 is 0 Å². The maximum atomic E-state index is 11.6. The molecule has 72 valence electrons. The lowest BCUT2D eigenvalue weighted by Crippen LogP contribution is -1.98. The molecule has 0 saturated carbocycles. The fourth-order valence-corrected chi connectivity index (χ4v) is 1.29. The first-order valence-corrected chi connectivity index (χ1v) is 4.71. The number of carbonyl (C=O) groups is 1. The second-order valence-corrected chi connectivity index (χ2v) is 3.30. The van der Waals surface area contributed by atoms with Gasteiger partial charge in [-0.1, -0.05) is 23.8 Å². The van der Waals surface area contributed by atoms with E-state index in [2.05, 4.69) is 0 Å². The van der Waals surface area contributed by atoms with Crippen molar-refractivity contribution in [2.75, 3.05) is 0 Å². The van der Waals surface area contributed by atoms with E-state index in [4.69, 9.17) is 5.26 Å². The first kappa shape index (κ1) is 10.5. The van der Waals surface area contributed by atoms with Crippen molar-refractivity contribution in [2.24, 2.45) is 0 Å². The van der Waals surface area contributed by atoms with E-state index >= 15 is 0 Å². The molecule has 0 N–H and O–H groups in total. The summed E-state index contributed by atoms with van der Waals surface area (Å²) in [6.07, 6.45) is 1.58. The average molecular weight is 187 g/mol. The predicted octanol–water partition coefficient (Wildman–Crippen LogP) is 2.87. The molecule has 0 aliphatic rings. The van der Waals surface area contributed by atoms with Crippen LogP contribution in [-0.4, -0.2) is 5.78 Å². The summed E-state index contributed by atoms with van der Waals surface area (Å²) in [5.41, 5.74) is 1.85. The highest BCUT2D eigenvalue weighted by molar-refractivity contribution is 5.96. The van der Waals surface area contributed by atoms with Crippen LogP contribution in [0.15, 0.2) is 24.3 Å². The van der Waals surface area contributed by atoms with Crippen molar-refractivity contribution in [1.82, 2.24) is 0 Å². The summed E-state index contributed by atoms with van der Waals surface area (Å²) in [7, 11) is 0. The minimum Gasteiger partial charge on any atom is -0.294 e. The van der Waals surface area contributed by atoms with Gasteiger partial charge in [0.15, 0.2) is 5.78 Å². The van der Waals surface area contributed by atoms with E-state index in [0.29, 0.717) is 19.3 Å². The number of ketones is 1. The van der Waals surface area contributed by atoms with Gasteiger partial charge in [0.2, 0.25) is 0 Å². The number of rotatable bonds is 4. The molecule has 14 heavy (non-hydrogen) atoms. The van der Waals surface area contributed by atoms with Crippen molar-refractivity contribution < 1.29 is 4.79 Å². The van der Waals surface area contributed by atoms with Crippen molar-refractivity contribution in [3.8, 4) is 6.07 Å². The lowest BCUT2D eigenvalue weighted by Gasteiger charge is -2.00. The number of nitrogens with zero attached hydrogens (tertiary/aromatic N) is 1. The van der Waals surface area contributed by atoms with Gasteiger partial charge in [-0.3, -0.25) is 4.79 Å². The van der Waals surface area contributed by atoms with Gasteiger partial charge in [0.05, 0.1) is 6.07 Å². The predicted molar refractivity (Wildman–Crippen MR) is 55.0 cm³/mol. The van der Waals surface area contributed by atoms with E-state index in [-0.39, 0.29) is 5.78 Å². The molecule has 0 spiro atoms. The van der Waals surface area contributed by atoms with Crippen LogP contribution >= 0.6 is 0 Å². The van der Waals surface area contributed by atoms with Crippen molar-refractivity contribution in [3.63, 3.8) is 0 Å². The maximum Gasteiger partial charge on any atom is 0.162 e. The van der Waals surface area contributed by atoms with Crippen molar-refractivity contribution in [1.29, 1.82) is 5.26 Å². The number of hydrogen-bond donors (Lipinski definition) is 0. The number of Topliss-reactive ketones (excluding diaryl/α,β-unsaturated/α-hetero) is 1. The first-order chi connectivity index (χ1) is 6.74. The molecule has 0 aliphatic heterocycles. The molecule has 0 amide bonds. The lowest BCUT2D eigenvalue weighted by atomic mass is 10.0. The number of carbonyl (C=O) groups excluding carboxylic acids is 1. The fraction of sp³-hybridized carbons (Fsp3) is 0.333. The Morgan fingerprint density at radius 3 is 2.93 bits per heavy atom. The maximum absolute atomic E-state index is 11.6. The Morgan fingerprint density at radius 2 is 2.29 bits per heavy atom. The molecule has 0 atom stereocenters. The molecule has 0 aromatic heterocycles. The third kappa shape index (κ3) is 3.02. The van der Waals surface area contributed by atoms with Crippen LogP contribution in [-0.2, 0) is 0 Å². The zero-order valence-electron chi connectivity index (χ0n) is 8.29. The summed E-state index contributed by atoms with van der Waals surface area (Å²) in [5.74, 6) is 0.129. The Labute approximate surface area is 84.2 Å². The van der Waals surface area contributed by atoms with E-state index in [9.17, 15) is 4.79 Å². The highest BCUT2D eigenvalue weighted by Gasteiger charge is 2.04. The first-order valence-electron chi connectivity index (χ1n) is 4.71. The molecule has 2 heteroatoms. The van der Waals surface area contributed by atoms with Crippen LogP contribution in [0.25, 0.3) is 0 Å². The second kappa shape index (κ2) is 5.18. The zero-order chi connectivity index (χ0) is 10.4. The highest BCUT2D eigenvalue weighted by Crippen LogP contribution is 2.08. The summed E-state index contributed by atoms with van der Waals surface area (Å²) in [6.45, 7) is 1.96. The third-order valence-electron chi connectivity index (χ3n) is 2.03. The van der Waals surface area contributed by atoms with Crippen molar-refractivity contribution in [2.45, 2.75) is 26.2 Å². The van der Waals surface area contributed by atoms with E-state index in [1.807, 2.05) is 37.3 Å². The normalized spacial score (nSPS) is 9.43. The number of unbranched alkanes of at least 4 members (excludes halogenated alkanes) is 1. The topological polar surface area (TPSA) is 40.9 Å². The number of hydrogen-bond acceptors (Lipinski definition) is 2. The smallest absolute Gasteiger partial charge is 0.162 e. The molecular weight excluding hydrogens is 174 g/mol. The molecule has 1 aromatic carbocycles. The standard InChI is InChI=1S/C12H13NO/c1-10-5-4-6-11(9-10)12(14)7-2-3-8-13/h4-6,9H,2-3,7H2,1H3. The Kier molecular flexibility index (Phi) is 3.87. The van der Waals surface area contributed by atoms with E-state index in [1.54, 1.807) is 0 Å². The van der Waals surface area contributed by atoms with Crippen LogP contribution in [0.4, 0.5) is 0 Å². The molecule has 0 saturated heterocycles. The van der Waals surface area contributed by atoms with Gasteiger partial charge < -0.3 is 0 Å². The monoisotopic (exact) mass is 187 g/mol. The second-order valence-electron chi connectivity index (χ2n) is 3.30. The molecular formula is C12H13NO. The largest absolute Gasteiger partial charge is 0.294 e. The van der Waals surface area contributed by atoms with E-state index in [1.165, 1.54) is 0 Å². The summed E-state index contributed by atoms with van der Waals surface area (Å²) < 4.78 is 0. The quantitative estimate of drug-likeness (QED) is 0.537. The molecule has 0 fully saturated rings. The summed E-state index contributed by atoms with van der Waals surface area (Å²) in [5, 5.41) is 8.33. The summed E-state index contributed by atoms with van der Waals surface area (Å²) in [6, 6.07) is 9.58. The minimum absolute atomic E-state index is 0.129. The fourth-order valence-electron chi connectivity index (χ4n) is 1.29. The van der Waals surface area contributed by atoms with Gasteiger partial charge in [-0.2, -0.15) is 5.26 Å². The Bertz CT molecular complexity index is 363. The van der Waals surface area contributed by atoms with Gasteiger partial charge in [0.25, 0.3) is 0 Å². The molecule has 0 unspecified atom stereocenters. The lowest BCUT2D eigenvalue weighted by molar-refractivity contribution is 0.0980. The highest BCUT2D eigenvalue weighted by atomic mass is 16.1. The van der Waals surface area contributed by atoms with E-state index < -0.39 is 0 Å². The van der Waals surface area contributed by atoms with Gasteiger partial charge in [0.1, 0.15) is 0 Å². The van der Waals surface area contributed by atoms with Crippen LogP contribution in [0, 0.1) is 18.3 Å². The van der Waals surface area contributed by atoms with Gasteiger partial charge in [-0.15, -0.1) is 0 Å². The van der Waals surface area contributed by atoms with Crippen LogP contribution in [0.3, 0.4) is 0 Å². The van der Waals surface area contributed by atoms with E-state index in [0.717, 1.165) is 11.1 Å². The molecule has 0 bridgehead atoms. The Morgan fingerprint density at radius 1 is 1.50 bits per heavy atom. The van der Waals surface area contributed by atoms with Gasteiger partial charge >= 0.3 is 0 Å². The molecule has 0 heterocycles. The van der Waals surface area contributed by atoms with Crippen molar-refractivity contribution in [3.05, 3.63) is 35.4 Å². The van der Waals surface area contributed by atoms with Crippen LogP contribution in [0.1, 0.15) is 35.2 Å². The minimum atomic E-state index is 0.129. The number of nitriles is 1. The molecule has 0 aliphatic carbocycles. The Hall–Kier alpha value is -1.62. The summed E-state index contributed by atoms with van der Waals surface area (Å²) in [4.78, 5) is 11.6. The molecule has 0 radical (unpaired) electrons.